The highest BCUT2D eigenvalue weighted by atomic mass is 32.2. The molecule has 1 amide bonds. The summed E-state index contributed by atoms with van der Waals surface area (Å²) >= 11 is 0. The summed E-state index contributed by atoms with van der Waals surface area (Å²) < 4.78 is 32.6. The lowest BCUT2D eigenvalue weighted by atomic mass is 10.2. The van der Waals surface area contributed by atoms with Crippen LogP contribution in [0.25, 0.3) is 11.4 Å². The zero-order valence-electron chi connectivity index (χ0n) is 16.9. The van der Waals surface area contributed by atoms with E-state index < -0.39 is 15.9 Å². The fourth-order valence-corrected chi connectivity index (χ4v) is 4.88. The van der Waals surface area contributed by atoms with Gasteiger partial charge in [-0.15, -0.1) is 10.2 Å². The van der Waals surface area contributed by atoms with Gasteiger partial charge in [0.2, 0.25) is 21.8 Å². The second-order valence-electron chi connectivity index (χ2n) is 7.05. The van der Waals surface area contributed by atoms with Gasteiger partial charge in [-0.25, -0.2) is 8.42 Å². The number of sulfonamides is 1. The Bertz CT molecular complexity index is 1170. The minimum absolute atomic E-state index is 0.154. The molecule has 4 rings (SSSR count). The van der Waals surface area contributed by atoms with Crippen LogP contribution in [0.4, 0.5) is 5.69 Å². The monoisotopic (exact) mass is 442 g/mol. The Labute approximate surface area is 179 Å². The van der Waals surface area contributed by atoms with E-state index in [0.717, 1.165) is 5.56 Å². The maximum absolute atomic E-state index is 13.0. The van der Waals surface area contributed by atoms with E-state index in [9.17, 15) is 13.2 Å². The summed E-state index contributed by atoms with van der Waals surface area (Å²) in [5.41, 5.74) is 1.78. The molecule has 0 saturated carbocycles. The number of nitrogens with zero attached hydrogens (tertiary/aromatic N) is 5. The lowest BCUT2D eigenvalue weighted by Gasteiger charge is -2.26. The van der Waals surface area contributed by atoms with Crippen molar-refractivity contribution in [2.75, 3.05) is 31.6 Å². The summed E-state index contributed by atoms with van der Waals surface area (Å²) in [7, 11) is -3.68. The number of hydrogen-bond acceptors (Lipinski definition) is 7. The predicted octanol–water partition coefficient (Wildman–Crippen LogP) is 1.31. The molecule has 31 heavy (non-hydrogen) atoms. The van der Waals surface area contributed by atoms with Crippen LogP contribution < -0.4 is 5.32 Å². The first kappa shape index (κ1) is 21.1. The molecule has 0 aliphatic carbocycles. The van der Waals surface area contributed by atoms with E-state index in [1.807, 2.05) is 30.3 Å². The molecule has 2 aromatic carbocycles. The average Bonchev–Trinajstić information content (AvgIpc) is 3.24. The molecule has 1 saturated heterocycles. The number of carbonyl (C=O) groups excluding carboxylic acids is 1. The molecule has 3 aromatic rings. The van der Waals surface area contributed by atoms with Gasteiger partial charge in [0.15, 0.2) is 0 Å². The molecule has 1 aromatic heterocycles. The zero-order chi connectivity index (χ0) is 21.8. The smallest absolute Gasteiger partial charge is 0.248 e. The van der Waals surface area contributed by atoms with Crippen molar-refractivity contribution >= 4 is 21.6 Å². The first-order valence-electron chi connectivity index (χ1n) is 9.75. The van der Waals surface area contributed by atoms with Crippen molar-refractivity contribution in [2.24, 2.45) is 0 Å². The van der Waals surface area contributed by atoms with E-state index in [1.54, 1.807) is 19.1 Å². The van der Waals surface area contributed by atoms with Crippen molar-refractivity contribution in [2.45, 2.75) is 18.4 Å². The van der Waals surface area contributed by atoms with Gasteiger partial charge >= 0.3 is 0 Å². The fraction of sp³-hybridized carbons (Fsp3) is 0.300. The van der Waals surface area contributed by atoms with Crippen molar-refractivity contribution in [3.8, 4) is 11.4 Å². The molecule has 162 valence electrons. The fourth-order valence-electron chi connectivity index (χ4n) is 3.22. The maximum Gasteiger partial charge on any atom is 0.248 e. The van der Waals surface area contributed by atoms with Crippen LogP contribution in [-0.4, -0.2) is 65.1 Å². The summed E-state index contributed by atoms with van der Waals surface area (Å²) in [4.78, 5) is 13.8. The van der Waals surface area contributed by atoms with Gasteiger partial charge in [-0.2, -0.15) is 9.10 Å². The molecule has 1 N–H and O–H groups in total. The van der Waals surface area contributed by atoms with E-state index in [4.69, 9.17) is 4.74 Å². The first-order chi connectivity index (χ1) is 14.9. The highest BCUT2D eigenvalue weighted by Crippen LogP contribution is 2.24. The van der Waals surface area contributed by atoms with Crippen LogP contribution >= 0.6 is 0 Å². The first-order valence-corrected chi connectivity index (χ1v) is 11.2. The summed E-state index contributed by atoms with van der Waals surface area (Å²) in [6.45, 7) is 2.91. The number of carbonyl (C=O) groups is 1. The highest BCUT2D eigenvalue weighted by Gasteiger charge is 2.28. The highest BCUT2D eigenvalue weighted by molar-refractivity contribution is 7.89. The summed E-state index contributed by atoms with van der Waals surface area (Å²) in [6, 6.07) is 14.1. The van der Waals surface area contributed by atoms with Gasteiger partial charge < -0.3 is 10.1 Å². The van der Waals surface area contributed by atoms with Crippen LogP contribution in [0.3, 0.4) is 0 Å². The molecule has 0 atom stereocenters. The Morgan fingerprint density at radius 3 is 2.61 bits per heavy atom. The number of hydrogen-bond donors (Lipinski definition) is 1. The van der Waals surface area contributed by atoms with Crippen LogP contribution in [0, 0.1) is 6.92 Å². The topological polar surface area (TPSA) is 119 Å². The number of anilines is 1. The number of ether oxygens (including phenoxy) is 1. The largest absolute Gasteiger partial charge is 0.379 e. The third-order valence-corrected chi connectivity index (χ3v) is 6.87. The van der Waals surface area contributed by atoms with Gasteiger partial charge in [0, 0.05) is 24.3 Å². The SMILES string of the molecule is Cc1ccc(NC(=O)Cn2nnc(-c3ccccc3)n2)cc1S(=O)(=O)N1CCOCC1. The minimum Gasteiger partial charge on any atom is -0.379 e. The Kier molecular flexibility index (Phi) is 6.07. The third kappa shape index (κ3) is 4.79. The minimum atomic E-state index is -3.68. The molecule has 1 aliphatic rings. The standard InChI is InChI=1S/C20H22N6O4S/c1-15-7-8-17(13-18(15)31(28,29)25-9-11-30-12-10-25)21-19(27)14-26-23-20(22-24-26)16-5-3-2-4-6-16/h2-8,13H,9-12,14H2,1H3,(H,21,27). The van der Waals surface area contributed by atoms with Crippen LogP contribution in [0.15, 0.2) is 53.4 Å². The number of nitrogens with one attached hydrogen (secondary N) is 1. The number of rotatable bonds is 6. The number of aromatic nitrogens is 4. The molecule has 0 radical (unpaired) electrons. The van der Waals surface area contributed by atoms with Crippen LogP contribution in [0.2, 0.25) is 0 Å². The predicted molar refractivity (Wildman–Crippen MR) is 113 cm³/mol. The van der Waals surface area contributed by atoms with E-state index in [-0.39, 0.29) is 11.4 Å². The van der Waals surface area contributed by atoms with E-state index in [0.29, 0.717) is 43.4 Å². The average molecular weight is 443 g/mol. The summed E-state index contributed by atoms with van der Waals surface area (Å²) in [5.74, 6) is 0.0261. The quantitative estimate of drug-likeness (QED) is 0.611. The maximum atomic E-state index is 13.0. The third-order valence-electron chi connectivity index (χ3n) is 4.83. The summed E-state index contributed by atoms with van der Waals surface area (Å²) in [5, 5.41) is 14.8. The Morgan fingerprint density at radius 1 is 1.13 bits per heavy atom. The van der Waals surface area contributed by atoms with E-state index >= 15 is 0 Å². The molecule has 10 nitrogen and oxygen atoms in total. The van der Waals surface area contributed by atoms with Gasteiger partial charge in [-0.1, -0.05) is 36.4 Å². The van der Waals surface area contributed by atoms with Crippen molar-refractivity contribution in [1.82, 2.24) is 24.5 Å². The molecule has 11 heteroatoms. The second-order valence-corrected chi connectivity index (χ2v) is 8.96. The number of tetrazole rings is 1. The zero-order valence-corrected chi connectivity index (χ0v) is 17.7. The van der Waals surface area contributed by atoms with Gasteiger partial charge in [-0.3, -0.25) is 4.79 Å². The molecule has 0 unspecified atom stereocenters. The van der Waals surface area contributed by atoms with E-state index in [2.05, 4.69) is 20.7 Å². The summed E-state index contributed by atoms with van der Waals surface area (Å²) in [6.07, 6.45) is 0. The van der Waals surface area contributed by atoms with Gasteiger partial charge in [0.1, 0.15) is 6.54 Å². The van der Waals surface area contributed by atoms with Gasteiger partial charge in [0.05, 0.1) is 18.1 Å². The Balaban J connectivity index is 1.47. The van der Waals surface area contributed by atoms with Crippen molar-refractivity contribution in [3.05, 3.63) is 54.1 Å². The van der Waals surface area contributed by atoms with Gasteiger partial charge in [-0.05, 0) is 29.8 Å². The molecule has 2 heterocycles. The number of benzene rings is 2. The Morgan fingerprint density at radius 2 is 1.87 bits per heavy atom. The van der Waals surface area contributed by atoms with Crippen LogP contribution in [0.5, 0.6) is 0 Å². The lowest BCUT2D eigenvalue weighted by molar-refractivity contribution is -0.117. The van der Waals surface area contributed by atoms with Crippen molar-refractivity contribution < 1.29 is 17.9 Å². The number of amides is 1. The number of morpholine rings is 1. The van der Waals surface area contributed by atoms with Crippen LogP contribution in [-0.2, 0) is 26.1 Å². The molecule has 0 bridgehead atoms. The molecule has 1 aliphatic heterocycles. The molecule has 1 fully saturated rings. The van der Waals surface area contributed by atoms with Crippen LogP contribution in [0.1, 0.15) is 5.56 Å². The molecular weight excluding hydrogens is 420 g/mol. The van der Waals surface area contributed by atoms with Crippen molar-refractivity contribution in [3.63, 3.8) is 0 Å². The lowest BCUT2D eigenvalue weighted by Crippen LogP contribution is -2.40. The van der Waals surface area contributed by atoms with Gasteiger partial charge in [0.25, 0.3) is 0 Å². The van der Waals surface area contributed by atoms with E-state index in [1.165, 1.54) is 15.2 Å². The number of aryl methyl sites for hydroxylation is 1. The molecule has 0 spiro atoms. The normalized spacial score (nSPS) is 15.0. The Hall–Kier alpha value is -3.15. The molecular formula is C20H22N6O4S. The van der Waals surface area contributed by atoms with Crippen molar-refractivity contribution in [1.29, 1.82) is 0 Å². The second kappa shape index (κ2) is 8.92.